The molecule has 4 amide bonds. The number of carbonyl (C=O) groups is 5. The SMILES string of the molecule is CCC(C)C(NC(=O)C(Cc1c[nH]c2ccccc12)NC(=O)C(CO)NC(=O)C(N)CCC(N)=O)C(=O)O. The Kier molecular flexibility index (Phi) is 11.2. The van der Waals surface area contributed by atoms with Gasteiger partial charge in [-0.15, -0.1) is 0 Å². The molecule has 2 rings (SSSR count). The number of carboxylic acids is 1. The quantitative estimate of drug-likeness (QED) is 0.140. The lowest BCUT2D eigenvalue weighted by Crippen LogP contribution is -2.59. The molecule has 0 aliphatic heterocycles. The first-order valence-electron chi connectivity index (χ1n) is 12.3. The molecular formula is C25H36N6O7. The molecule has 13 nitrogen and oxygen atoms in total. The van der Waals surface area contributed by atoms with Crippen molar-refractivity contribution in [2.75, 3.05) is 6.61 Å². The summed E-state index contributed by atoms with van der Waals surface area (Å²) in [5.74, 6) is -4.65. The number of rotatable bonds is 15. The molecule has 38 heavy (non-hydrogen) atoms. The zero-order chi connectivity index (χ0) is 28.4. The number of aliphatic hydroxyl groups is 1. The Morgan fingerprint density at radius 2 is 1.63 bits per heavy atom. The minimum absolute atomic E-state index is 0.00134. The maximum Gasteiger partial charge on any atom is 0.326 e. The Balaban J connectivity index is 2.25. The van der Waals surface area contributed by atoms with Gasteiger partial charge in [-0.05, 0) is 24.0 Å². The summed E-state index contributed by atoms with van der Waals surface area (Å²) in [4.78, 5) is 64.4. The second-order valence-corrected chi connectivity index (χ2v) is 9.19. The third kappa shape index (κ3) is 8.28. The highest BCUT2D eigenvalue weighted by atomic mass is 16.4. The number of para-hydroxylation sites is 1. The van der Waals surface area contributed by atoms with Crippen LogP contribution in [0.25, 0.3) is 10.9 Å². The first kappa shape index (κ1) is 30.3. The van der Waals surface area contributed by atoms with Crippen LogP contribution in [0.4, 0.5) is 0 Å². The fourth-order valence-corrected chi connectivity index (χ4v) is 3.84. The van der Waals surface area contributed by atoms with Gasteiger partial charge in [0, 0.05) is 29.9 Å². The van der Waals surface area contributed by atoms with Gasteiger partial charge in [-0.3, -0.25) is 19.2 Å². The average molecular weight is 533 g/mol. The first-order valence-corrected chi connectivity index (χ1v) is 12.3. The highest BCUT2D eigenvalue weighted by molar-refractivity contribution is 5.95. The van der Waals surface area contributed by atoms with Crippen LogP contribution < -0.4 is 27.4 Å². The minimum atomic E-state index is -1.45. The minimum Gasteiger partial charge on any atom is -0.480 e. The highest BCUT2D eigenvalue weighted by Gasteiger charge is 2.32. The molecule has 0 bridgehead atoms. The van der Waals surface area contributed by atoms with Gasteiger partial charge in [0.1, 0.15) is 18.1 Å². The van der Waals surface area contributed by atoms with Crippen LogP contribution in [0.2, 0.25) is 0 Å². The van der Waals surface area contributed by atoms with Crippen molar-refractivity contribution in [3.8, 4) is 0 Å². The van der Waals surface area contributed by atoms with E-state index in [0.717, 1.165) is 10.9 Å². The fraction of sp³-hybridized carbons (Fsp3) is 0.480. The van der Waals surface area contributed by atoms with Crippen molar-refractivity contribution >= 4 is 40.5 Å². The molecule has 5 unspecified atom stereocenters. The lowest BCUT2D eigenvalue weighted by atomic mass is 9.98. The molecule has 0 aliphatic rings. The Morgan fingerprint density at radius 1 is 1.00 bits per heavy atom. The number of carbonyl (C=O) groups excluding carboxylic acids is 4. The number of nitrogens with two attached hydrogens (primary N) is 2. The van der Waals surface area contributed by atoms with Crippen molar-refractivity contribution in [2.24, 2.45) is 17.4 Å². The number of benzene rings is 1. The van der Waals surface area contributed by atoms with Crippen LogP contribution in [-0.2, 0) is 30.4 Å². The van der Waals surface area contributed by atoms with Crippen LogP contribution in [-0.4, -0.2) is 75.6 Å². The summed E-state index contributed by atoms with van der Waals surface area (Å²) in [6.07, 6.45) is 1.98. The summed E-state index contributed by atoms with van der Waals surface area (Å²) in [6.45, 7) is 2.68. The predicted molar refractivity (Wildman–Crippen MR) is 138 cm³/mol. The molecule has 0 spiro atoms. The predicted octanol–water partition coefficient (Wildman–Crippen LogP) is -1.12. The number of aromatic amines is 1. The van der Waals surface area contributed by atoms with Crippen LogP contribution in [0.15, 0.2) is 30.5 Å². The van der Waals surface area contributed by atoms with E-state index in [-0.39, 0.29) is 25.2 Å². The maximum atomic E-state index is 13.3. The number of fused-ring (bicyclic) bond motifs is 1. The summed E-state index contributed by atoms with van der Waals surface area (Å²) in [7, 11) is 0. The summed E-state index contributed by atoms with van der Waals surface area (Å²) in [5.41, 5.74) is 12.3. The van der Waals surface area contributed by atoms with Gasteiger partial charge in [0.2, 0.25) is 23.6 Å². The number of hydrogen-bond acceptors (Lipinski definition) is 7. The molecule has 0 fully saturated rings. The molecule has 10 N–H and O–H groups in total. The van der Waals surface area contributed by atoms with Crippen molar-refractivity contribution in [1.29, 1.82) is 0 Å². The van der Waals surface area contributed by atoms with Crippen molar-refractivity contribution in [3.63, 3.8) is 0 Å². The Hall–Kier alpha value is -3.97. The molecule has 0 saturated carbocycles. The van der Waals surface area contributed by atoms with Crippen LogP contribution in [0.3, 0.4) is 0 Å². The molecule has 1 heterocycles. The van der Waals surface area contributed by atoms with Gasteiger partial charge < -0.3 is 42.6 Å². The molecule has 5 atom stereocenters. The summed E-state index contributed by atoms with van der Waals surface area (Å²) in [6, 6.07) is 2.30. The van der Waals surface area contributed by atoms with E-state index in [1.165, 1.54) is 0 Å². The maximum absolute atomic E-state index is 13.3. The van der Waals surface area contributed by atoms with Crippen LogP contribution >= 0.6 is 0 Å². The Morgan fingerprint density at radius 3 is 2.24 bits per heavy atom. The first-order chi connectivity index (χ1) is 18.0. The van der Waals surface area contributed by atoms with Crippen molar-refractivity contribution in [3.05, 3.63) is 36.0 Å². The average Bonchev–Trinajstić information content (AvgIpc) is 3.30. The van der Waals surface area contributed by atoms with E-state index in [1.807, 2.05) is 24.3 Å². The number of carboxylic acid groups (broad SMARTS) is 1. The third-order valence-corrected chi connectivity index (χ3v) is 6.36. The lowest BCUT2D eigenvalue weighted by Gasteiger charge is -2.26. The monoisotopic (exact) mass is 532 g/mol. The van der Waals surface area contributed by atoms with Crippen molar-refractivity contribution in [2.45, 2.75) is 63.7 Å². The lowest BCUT2D eigenvalue weighted by molar-refractivity contribution is -0.144. The van der Waals surface area contributed by atoms with E-state index in [9.17, 15) is 34.2 Å². The van der Waals surface area contributed by atoms with Crippen molar-refractivity contribution < 1.29 is 34.2 Å². The van der Waals surface area contributed by atoms with Gasteiger partial charge in [0.15, 0.2) is 0 Å². The highest BCUT2D eigenvalue weighted by Crippen LogP contribution is 2.19. The second kappa shape index (κ2) is 14.1. The molecule has 2 aromatic rings. The standard InChI is InChI=1S/C25H36N6O7/c1-3-13(2)21(25(37)38)31-23(35)18(10-14-11-28-17-7-5-4-6-15(14)17)29-24(36)19(12-32)30-22(34)16(26)8-9-20(27)33/h4-7,11,13,16,18-19,21,28,32H,3,8-10,12,26H2,1-2H3,(H2,27,33)(H,29,36)(H,30,34)(H,31,35)(H,37,38). The summed E-state index contributed by atoms with van der Waals surface area (Å²) >= 11 is 0. The van der Waals surface area contributed by atoms with E-state index in [0.29, 0.717) is 12.0 Å². The van der Waals surface area contributed by atoms with E-state index in [2.05, 4.69) is 20.9 Å². The van der Waals surface area contributed by atoms with Gasteiger partial charge >= 0.3 is 5.97 Å². The van der Waals surface area contributed by atoms with Crippen LogP contribution in [0.1, 0.15) is 38.7 Å². The normalized spacial score (nSPS) is 15.1. The molecule has 0 radical (unpaired) electrons. The zero-order valence-electron chi connectivity index (χ0n) is 21.4. The number of primary amides is 1. The van der Waals surface area contributed by atoms with Crippen molar-refractivity contribution in [1.82, 2.24) is 20.9 Å². The van der Waals surface area contributed by atoms with E-state index in [4.69, 9.17) is 11.5 Å². The van der Waals surface area contributed by atoms with Gasteiger partial charge in [0.05, 0.1) is 12.6 Å². The Bertz CT molecular complexity index is 1150. The number of aliphatic hydroxyl groups excluding tert-OH is 1. The Labute approximate surface area is 219 Å². The number of aromatic nitrogens is 1. The van der Waals surface area contributed by atoms with Gasteiger partial charge in [-0.25, -0.2) is 4.79 Å². The number of aliphatic carboxylic acids is 1. The smallest absolute Gasteiger partial charge is 0.326 e. The van der Waals surface area contributed by atoms with E-state index >= 15 is 0 Å². The zero-order valence-corrected chi connectivity index (χ0v) is 21.4. The topological polar surface area (TPSA) is 230 Å². The summed E-state index contributed by atoms with van der Waals surface area (Å²) < 4.78 is 0. The number of nitrogens with one attached hydrogen (secondary N) is 4. The van der Waals surface area contributed by atoms with Crippen LogP contribution in [0, 0.1) is 5.92 Å². The largest absolute Gasteiger partial charge is 0.480 e. The molecule has 0 aliphatic carbocycles. The third-order valence-electron chi connectivity index (χ3n) is 6.36. The molecule has 1 aromatic heterocycles. The van der Waals surface area contributed by atoms with E-state index in [1.54, 1.807) is 20.0 Å². The van der Waals surface area contributed by atoms with Crippen LogP contribution in [0.5, 0.6) is 0 Å². The number of H-pyrrole nitrogens is 1. The molecule has 208 valence electrons. The van der Waals surface area contributed by atoms with Gasteiger partial charge in [0.25, 0.3) is 0 Å². The summed E-state index contributed by atoms with van der Waals surface area (Å²) in [5, 5.41) is 27.5. The molecular weight excluding hydrogens is 496 g/mol. The number of amides is 4. The van der Waals surface area contributed by atoms with E-state index < -0.39 is 60.4 Å². The molecule has 0 saturated heterocycles. The number of hydrogen-bond donors (Lipinski definition) is 8. The molecule has 1 aromatic carbocycles. The van der Waals surface area contributed by atoms with Gasteiger partial charge in [-0.2, -0.15) is 0 Å². The fourth-order valence-electron chi connectivity index (χ4n) is 3.84. The van der Waals surface area contributed by atoms with Gasteiger partial charge in [-0.1, -0.05) is 38.5 Å². The molecule has 13 heteroatoms. The second-order valence-electron chi connectivity index (χ2n) is 9.19.